The van der Waals surface area contributed by atoms with Gasteiger partial charge in [-0.2, -0.15) is 13.2 Å². The van der Waals surface area contributed by atoms with Crippen LogP contribution in [0.3, 0.4) is 0 Å². The second-order valence-electron chi connectivity index (χ2n) is 3.98. The van der Waals surface area contributed by atoms with Crippen LogP contribution < -0.4 is 5.32 Å². The van der Waals surface area contributed by atoms with Gasteiger partial charge in [-0.25, -0.2) is 4.79 Å². The first-order chi connectivity index (χ1) is 8.70. The second-order valence-corrected chi connectivity index (χ2v) is 3.98. The van der Waals surface area contributed by atoms with Gasteiger partial charge < -0.3 is 10.1 Å². The number of alkyl halides is 3. The van der Waals surface area contributed by atoms with Gasteiger partial charge in [0.1, 0.15) is 0 Å². The molecular weight excluding hydrogens is 263 g/mol. The molecule has 0 aliphatic rings. The first kappa shape index (κ1) is 15.0. The zero-order valence-corrected chi connectivity index (χ0v) is 10.2. The fraction of sp³-hybridized carbons (Fsp3) is 0.333. The Morgan fingerprint density at radius 2 is 1.68 bits per heavy atom. The Morgan fingerprint density at radius 3 is 2.11 bits per heavy atom. The zero-order valence-electron chi connectivity index (χ0n) is 10.2. The molecule has 7 heteroatoms. The molecule has 4 nitrogen and oxygen atoms in total. The summed E-state index contributed by atoms with van der Waals surface area (Å²) in [6, 6.07) is 4.94. The van der Waals surface area contributed by atoms with E-state index in [-0.39, 0.29) is 17.4 Å². The number of rotatable bonds is 3. The van der Waals surface area contributed by atoms with Crippen molar-refractivity contribution in [2.24, 2.45) is 0 Å². The highest BCUT2D eigenvalue weighted by molar-refractivity contribution is 5.95. The van der Waals surface area contributed by atoms with E-state index in [9.17, 15) is 22.8 Å². The predicted octanol–water partition coefficient (Wildman–Crippen LogP) is 2.75. The van der Waals surface area contributed by atoms with Crippen molar-refractivity contribution < 1.29 is 27.5 Å². The van der Waals surface area contributed by atoms with E-state index in [1.54, 1.807) is 19.2 Å². The van der Waals surface area contributed by atoms with Crippen LogP contribution in [0.15, 0.2) is 24.3 Å². The van der Waals surface area contributed by atoms with Gasteiger partial charge in [-0.05, 0) is 38.1 Å². The standard InChI is InChI=1S/C12H12F3NO3/c1-7(2)19-10(17)8-3-5-9(6-4-8)16-11(18)12(13,14)15/h3-7H,1-2H3,(H,16,18). The van der Waals surface area contributed by atoms with Gasteiger partial charge in [-0.1, -0.05) is 0 Å². The molecule has 0 atom stereocenters. The third-order valence-corrected chi connectivity index (χ3v) is 1.98. The number of halogens is 3. The van der Waals surface area contributed by atoms with Crippen LogP contribution in [0.25, 0.3) is 0 Å². The number of esters is 1. The smallest absolute Gasteiger partial charge is 0.459 e. The molecule has 1 aromatic rings. The van der Waals surface area contributed by atoms with Crippen molar-refractivity contribution in [1.29, 1.82) is 0 Å². The molecule has 0 aromatic heterocycles. The maximum Gasteiger partial charge on any atom is 0.471 e. The lowest BCUT2D eigenvalue weighted by molar-refractivity contribution is -0.167. The summed E-state index contributed by atoms with van der Waals surface area (Å²) in [6.45, 7) is 3.35. The van der Waals surface area contributed by atoms with Crippen LogP contribution in [0.1, 0.15) is 24.2 Å². The maximum absolute atomic E-state index is 12.0. The number of amides is 1. The second kappa shape index (κ2) is 5.73. The third kappa shape index (κ3) is 4.61. The minimum atomic E-state index is -4.95. The first-order valence-corrected chi connectivity index (χ1v) is 5.39. The van der Waals surface area contributed by atoms with Crippen LogP contribution in [0.4, 0.5) is 18.9 Å². The average molecular weight is 275 g/mol. The number of anilines is 1. The highest BCUT2D eigenvalue weighted by Crippen LogP contribution is 2.18. The lowest BCUT2D eigenvalue weighted by Gasteiger charge is -2.10. The summed E-state index contributed by atoms with van der Waals surface area (Å²) in [4.78, 5) is 22.1. The van der Waals surface area contributed by atoms with Gasteiger partial charge in [0.15, 0.2) is 0 Å². The topological polar surface area (TPSA) is 55.4 Å². The Labute approximate surface area is 107 Å². The van der Waals surface area contributed by atoms with E-state index in [1.807, 2.05) is 0 Å². The molecule has 19 heavy (non-hydrogen) atoms. The molecular formula is C12H12F3NO3. The van der Waals surface area contributed by atoms with Gasteiger partial charge in [-0.15, -0.1) is 0 Å². The van der Waals surface area contributed by atoms with E-state index < -0.39 is 18.1 Å². The largest absolute Gasteiger partial charge is 0.471 e. The van der Waals surface area contributed by atoms with E-state index in [4.69, 9.17) is 4.74 Å². The van der Waals surface area contributed by atoms with Crippen LogP contribution in [0, 0.1) is 0 Å². The number of hydrogen-bond donors (Lipinski definition) is 1. The molecule has 1 N–H and O–H groups in total. The monoisotopic (exact) mass is 275 g/mol. The fourth-order valence-electron chi connectivity index (χ4n) is 1.17. The van der Waals surface area contributed by atoms with Crippen molar-refractivity contribution in [2.75, 3.05) is 5.32 Å². The molecule has 0 unspecified atom stereocenters. The van der Waals surface area contributed by atoms with Crippen molar-refractivity contribution >= 4 is 17.6 Å². The number of benzene rings is 1. The Bertz CT molecular complexity index is 466. The van der Waals surface area contributed by atoms with Gasteiger partial charge in [-0.3, -0.25) is 4.79 Å². The van der Waals surface area contributed by atoms with Gasteiger partial charge in [0.05, 0.1) is 11.7 Å². The van der Waals surface area contributed by atoms with E-state index in [0.29, 0.717) is 0 Å². The zero-order chi connectivity index (χ0) is 14.6. The summed E-state index contributed by atoms with van der Waals surface area (Å²) < 4.78 is 40.9. The first-order valence-electron chi connectivity index (χ1n) is 5.39. The van der Waals surface area contributed by atoms with Gasteiger partial charge in [0.2, 0.25) is 0 Å². The third-order valence-electron chi connectivity index (χ3n) is 1.98. The predicted molar refractivity (Wildman–Crippen MR) is 61.7 cm³/mol. The molecule has 104 valence electrons. The van der Waals surface area contributed by atoms with E-state index in [1.165, 1.54) is 24.3 Å². The SMILES string of the molecule is CC(C)OC(=O)c1ccc(NC(=O)C(F)(F)F)cc1. The molecule has 0 bridgehead atoms. The van der Waals surface area contributed by atoms with E-state index in [0.717, 1.165) is 0 Å². The quantitative estimate of drug-likeness (QED) is 0.863. The van der Waals surface area contributed by atoms with Crippen LogP contribution in [-0.2, 0) is 9.53 Å². The Kier molecular flexibility index (Phi) is 4.52. The van der Waals surface area contributed by atoms with Gasteiger partial charge in [0, 0.05) is 5.69 Å². The lowest BCUT2D eigenvalue weighted by Crippen LogP contribution is -2.29. The maximum atomic E-state index is 12.0. The van der Waals surface area contributed by atoms with Crippen LogP contribution in [-0.4, -0.2) is 24.2 Å². The average Bonchev–Trinajstić information content (AvgIpc) is 2.27. The van der Waals surface area contributed by atoms with Crippen molar-refractivity contribution in [3.8, 4) is 0 Å². The molecule has 1 rings (SSSR count). The molecule has 0 aliphatic heterocycles. The summed E-state index contributed by atoms with van der Waals surface area (Å²) >= 11 is 0. The Balaban J connectivity index is 2.72. The normalized spacial score (nSPS) is 11.3. The molecule has 0 heterocycles. The molecule has 0 fully saturated rings. The van der Waals surface area contributed by atoms with Gasteiger partial charge in [0.25, 0.3) is 0 Å². The van der Waals surface area contributed by atoms with Gasteiger partial charge >= 0.3 is 18.1 Å². The molecule has 0 saturated carbocycles. The van der Waals surface area contributed by atoms with Crippen molar-refractivity contribution in [3.05, 3.63) is 29.8 Å². The number of hydrogen-bond acceptors (Lipinski definition) is 3. The Hall–Kier alpha value is -2.05. The molecule has 0 aliphatic carbocycles. The number of ether oxygens (including phenoxy) is 1. The summed E-state index contributed by atoms with van der Waals surface area (Å²) in [5, 5.41) is 1.67. The highest BCUT2D eigenvalue weighted by atomic mass is 19.4. The summed E-state index contributed by atoms with van der Waals surface area (Å²) in [6.07, 6.45) is -5.24. The molecule has 1 amide bonds. The number of carbonyl (C=O) groups excluding carboxylic acids is 2. The summed E-state index contributed by atoms with van der Waals surface area (Å²) in [5.74, 6) is -2.64. The van der Waals surface area contributed by atoms with Crippen LogP contribution in [0.5, 0.6) is 0 Å². The van der Waals surface area contributed by atoms with Crippen LogP contribution >= 0.6 is 0 Å². The van der Waals surface area contributed by atoms with E-state index >= 15 is 0 Å². The number of nitrogens with one attached hydrogen (secondary N) is 1. The van der Waals surface area contributed by atoms with Crippen molar-refractivity contribution in [1.82, 2.24) is 0 Å². The fourth-order valence-corrected chi connectivity index (χ4v) is 1.17. The lowest BCUT2D eigenvalue weighted by atomic mass is 10.2. The molecule has 0 saturated heterocycles. The van der Waals surface area contributed by atoms with Crippen molar-refractivity contribution in [3.63, 3.8) is 0 Å². The summed E-state index contributed by atoms with van der Waals surface area (Å²) in [7, 11) is 0. The van der Waals surface area contributed by atoms with E-state index in [2.05, 4.69) is 0 Å². The molecule has 0 spiro atoms. The Morgan fingerprint density at radius 1 is 1.16 bits per heavy atom. The highest BCUT2D eigenvalue weighted by Gasteiger charge is 2.38. The van der Waals surface area contributed by atoms with Crippen LogP contribution in [0.2, 0.25) is 0 Å². The minimum Gasteiger partial charge on any atom is -0.459 e. The summed E-state index contributed by atoms with van der Waals surface area (Å²) in [5.41, 5.74) is 0.141. The van der Waals surface area contributed by atoms with Crippen molar-refractivity contribution in [2.45, 2.75) is 26.1 Å². The number of carbonyl (C=O) groups is 2. The molecule has 0 radical (unpaired) electrons. The minimum absolute atomic E-state index is 0.0524. The molecule has 1 aromatic carbocycles.